The quantitative estimate of drug-likeness (QED) is 0.755. The molecule has 0 N–H and O–H groups in total. The van der Waals surface area contributed by atoms with E-state index in [9.17, 15) is 12.8 Å². The number of hydrogen-bond donors (Lipinski definition) is 0. The molecule has 0 radical (unpaired) electrons. The van der Waals surface area contributed by atoms with Gasteiger partial charge >= 0.3 is 0 Å². The summed E-state index contributed by atoms with van der Waals surface area (Å²) < 4.78 is 49.4. The molecular formula is C18H18ClFO4S. The van der Waals surface area contributed by atoms with Crippen LogP contribution in [-0.2, 0) is 14.6 Å². The van der Waals surface area contributed by atoms with Crippen molar-refractivity contribution in [2.45, 2.75) is 35.5 Å². The molecule has 1 saturated carbocycles. The van der Waals surface area contributed by atoms with Crippen LogP contribution in [0.5, 0.6) is 11.5 Å². The summed E-state index contributed by atoms with van der Waals surface area (Å²) in [5, 5.41) is -0.376. The molecule has 2 atom stereocenters. The SMILES string of the molecule is CO[C@@H]1CC[C@@H](S(=O)(=O)c2ccc(Oc3ccc(F)cc3)cc2Cl)C1. The van der Waals surface area contributed by atoms with Gasteiger partial charge in [-0.15, -0.1) is 0 Å². The van der Waals surface area contributed by atoms with Crippen LogP contribution in [-0.4, -0.2) is 26.9 Å². The van der Waals surface area contributed by atoms with Crippen molar-refractivity contribution < 1.29 is 22.3 Å². The molecular weight excluding hydrogens is 367 g/mol. The molecule has 0 aromatic heterocycles. The summed E-state index contributed by atoms with van der Waals surface area (Å²) in [6.07, 6.45) is 1.73. The second-order valence-electron chi connectivity index (χ2n) is 5.99. The third kappa shape index (κ3) is 3.97. The zero-order valence-corrected chi connectivity index (χ0v) is 15.2. The Morgan fingerprint density at radius 2 is 1.76 bits per heavy atom. The molecule has 1 fully saturated rings. The molecule has 0 amide bonds. The molecule has 1 aliphatic carbocycles. The van der Waals surface area contributed by atoms with Crippen LogP contribution in [0.1, 0.15) is 19.3 Å². The van der Waals surface area contributed by atoms with Gasteiger partial charge in [-0.3, -0.25) is 0 Å². The van der Waals surface area contributed by atoms with Crippen molar-refractivity contribution in [1.82, 2.24) is 0 Å². The zero-order chi connectivity index (χ0) is 18.0. The van der Waals surface area contributed by atoms with Gasteiger partial charge in [0.25, 0.3) is 0 Å². The lowest BCUT2D eigenvalue weighted by Gasteiger charge is -2.14. The Balaban J connectivity index is 1.81. The van der Waals surface area contributed by atoms with E-state index in [4.69, 9.17) is 21.1 Å². The largest absolute Gasteiger partial charge is 0.457 e. The first kappa shape index (κ1) is 18.2. The maximum Gasteiger partial charge on any atom is 0.182 e. The van der Waals surface area contributed by atoms with Crippen LogP contribution in [0.25, 0.3) is 0 Å². The average Bonchev–Trinajstić information content (AvgIpc) is 3.07. The minimum Gasteiger partial charge on any atom is -0.457 e. The lowest BCUT2D eigenvalue weighted by molar-refractivity contribution is 0.109. The first-order valence-corrected chi connectivity index (χ1v) is 9.82. The zero-order valence-electron chi connectivity index (χ0n) is 13.6. The molecule has 0 aliphatic heterocycles. The van der Waals surface area contributed by atoms with E-state index in [1.807, 2.05) is 0 Å². The van der Waals surface area contributed by atoms with Crippen LogP contribution in [0, 0.1) is 5.82 Å². The van der Waals surface area contributed by atoms with Gasteiger partial charge in [-0.25, -0.2) is 12.8 Å². The monoisotopic (exact) mass is 384 g/mol. The highest BCUT2D eigenvalue weighted by Gasteiger charge is 2.36. The number of ether oxygens (including phenoxy) is 2. The number of halogens is 2. The standard InChI is InChI=1S/C18H18ClFO4S/c1-23-14-6-8-16(10-14)25(21,22)18-9-7-15(11-17(18)19)24-13-4-2-12(20)3-5-13/h2-5,7,9,11,14,16H,6,8,10H2,1H3/t14-,16-/m1/s1. The van der Waals surface area contributed by atoms with Gasteiger partial charge in [0.05, 0.1) is 21.3 Å². The number of hydrogen-bond acceptors (Lipinski definition) is 4. The molecule has 7 heteroatoms. The second-order valence-corrected chi connectivity index (χ2v) is 8.59. The molecule has 0 heterocycles. The minimum absolute atomic E-state index is 0.0281. The van der Waals surface area contributed by atoms with E-state index in [0.717, 1.165) is 6.42 Å². The highest BCUT2D eigenvalue weighted by molar-refractivity contribution is 7.92. The van der Waals surface area contributed by atoms with Crippen molar-refractivity contribution in [2.24, 2.45) is 0 Å². The van der Waals surface area contributed by atoms with Crippen molar-refractivity contribution in [3.05, 3.63) is 53.3 Å². The van der Waals surface area contributed by atoms with E-state index in [2.05, 4.69) is 0 Å². The third-order valence-electron chi connectivity index (χ3n) is 4.37. The first-order valence-electron chi connectivity index (χ1n) is 7.90. The fourth-order valence-corrected chi connectivity index (χ4v) is 5.35. The van der Waals surface area contributed by atoms with Gasteiger partial charge in [0.15, 0.2) is 9.84 Å². The van der Waals surface area contributed by atoms with Crippen LogP contribution < -0.4 is 4.74 Å². The van der Waals surface area contributed by atoms with Crippen LogP contribution in [0.4, 0.5) is 4.39 Å². The van der Waals surface area contributed by atoms with Gasteiger partial charge in [0.1, 0.15) is 17.3 Å². The van der Waals surface area contributed by atoms with Gasteiger partial charge in [-0.05, 0) is 55.7 Å². The lowest BCUT2D eigenvalue weighted by Crippen LogP contribution is -2.20. The summed E-state index contributed by atoms with van der Waals surface area (Å²) in [6, 6.07) is 9.99. The topological polar surface area (TPSA) is 52.6 Å². The summed E-state index contributed by atoms with van der Waals surface area (Å²) in [7, 11) is -1.93. The Hall–Kier alpha value is -1.63. The van der Waals surface area contributed by atoms with Crippen molar-refractivity contribution in [1.29, 1.82) is 0 Å². The molecule has 0 saturated heterocycles. The maximum atomic E-state index is 12.9. The number of rotatable bonds is 5. The lowest BCUT2D eigenvalue weighted by atomic mass is 10.3. The molecule has 0 bridgehead atoms. The Morgan fingerprint density at radius 3 is 2.36 bits per heavy atom. The summed E-state index contributed by atoms with van der Waals surface area (Å²) in [6.45, 7) is 0. The first-order chi connectivity index (χ1) is 11.9. The van der Waals surface area contributed by atoms with Gasteiger partial charge in [-0.2, -0.15) is 0 Å². The highest BCUT2D eigenvalue weighted by Crippen LogP contribution is 2.36. The van der Waals surface area contributed by atoms with Crippen LogP contribution in [0.2, 0.25) is 5.02 Å². The molecule has 0 spiro atoms. The van der Waals surface area contributed by atoms with Crippen molar-refractivity contribution in [3.63, 3.8) is 0 Å². The molecule has 4 nitrogen and oxygen atoms in total. The second kappa shape index (κ2) is 7.32. The smallest absolute Gasteiger partial charge is 0.182 e. The molecule has 2 aromatic carbocycles. The van der Waals surface area contributed by atoms with E-state index in [0.29, 0.717) is 24.3 Å². The van der Waals surface area contributed by atoms with Gasteiger partial charge < -0.3 is 9.47 Å². The van der Waals surface area contributed by atoms with Crippen LogP contribution in [0.15, 0.2) is 47.4 Å². The Labute approximate surface area is 151 Å². The fraction of sp³-hybridized carbons (Fsp3) is 0.333. The van der Waals surface area contributed by atoms with E-state index in [1.54, 1.807) is 13.2 Å². The predicted octanol–water partition coefficient (Wildman–Crippen LogP) is 4.61. The fourth-order valence-electron chi connectivity index (χ4n) is 2.99. The molecule has 134 valence electrons. The summed E-state index contributed by atoms with van der Waals surface area (Å²) in [5.74, 6) is 0.460. The van der Waals surface area contributed by atoms with Crippen molar-refractivity contribution in [2.75, 3.05) is 7.11 Å². The normalized spacial score (nSPS) is 20.6. The minimum atomic E-state index is -3.52. The van der Waals surface area contributed by atoms with Gasteiger partial charge in [0.2, 0.25) is 0 Å². The van der Waals surface area contributed by atoms with E-state index in [1.165, 1.54) is 36.4 Å². The van der Waals surface area contributed by atoms with E-state index < -0.39 is 15.1 Å². The molecule has 0 unspecified atom stereocenters. The van der Waals surface area contributed by atoms with Crippen molar-refractivity contribution in [3.8, 4) is 11.5 Å². The third-order valence-corrected chi connectivity index (χ3v) is 7.07. The Bertz CT molecular complexity index is 852. The maximum absolute atomic E-state index is 12.9. The molecule has 3 rings (SSSR count). The molecule has 2 aromatic rings. The summed E-state index contributed by atoms with van der Waals surface area (Å²) in [4.78, 5) is 0.0994. The highest BCUT2D eigenvalue weighted by atomic mass is 35.5. The van der Waals surface area contributed by atoms with Crippen molar-refractivity contribution >= 4 is 21.4 Å². The number of methoxy groups -OCH3 is 1. The summed E-state index contributed by atoms with van der Waals surface area (Å²) >= 11 is 6.20. The van der Waals surface area contributed by atoms with Gasteiger partial charge in [0, 0.05) is 13.2 Å². The Morgan fingerprint density at radius 1 is 1.08 bits per heavy atom. The number of sulfone groups is 1. The predicted molar refractivity (Wildman–Crippen MR) is 93.5 cm³/mol. The van der Waals surface area contributed by atoms with E-state index in [-0.39, 0.29) is 21.8 Å². The van der Waals surface area contributed by atoms with Crippen LogP contribution in [0.3, 0.4) is 0 Å². The average molecular weight is 385 g/mol. The molecule has 1 aliphatic rings. The molecule has 25 heavy (non-hydrogen) atoms. The van der Waals surface area contributed by atoms with E-state index >= 15 is 0 Å². The number of benzene rings is 2. The summed E-state index contributed by atoms with van der Waals surface area (Å²) in [5.41, 5.74) is 0. The van der Waals surface area contributed by atoms with Crippen LogP contribution >= 0.6 is 11.6 Å². The van der Waals surface area contributed by atoms with Gasteiger partial charge in [-0.1, -0.05) is 11.6 Å². The Kier molecular flexibility index (Phi) is 5.32.